The lowest BCUT2D eigenvalue weighted by Gasteiger charge is -2.14. The molecule has 0 bridgehead atoms. The third kappa shape index (κ3) is 2.77. The maximum Gasteiger partial charge on any atom is 0.0625 e. The number of nitrogens with one attached hydrogen (secondary N) is 1. The van der Waals surface area contributed by atoms with Crippen LogP contribution in [0.2, 0.25) is 0 Å². The molecule has 0 amide bonds. The zero-order chi connectivity index (χ0) is 12.4. The lowest BCUT2D eigenvalue weighted by molar-refractivity contribution is 0.449. The van der Waals surface area contributed by atoms with Gasteiger partial charge in [-0.2, -0.15) is 5.10 Å². The molecule has 0 radical (unpaired) electrons. The highest BCUT2D eigenvalue weighted by molar-refractivity contribution is 5.01. The van der Waals surface area contributed by atoms with Gasteiger partial charge in [-0.15, -0.1) is 0 Å². The molecule has 0 spiro atoms. The second kappa shape index (κ2) is 5.43. The number of aromatic nitrogens is 2. The van der Waals surface area contributed by atoms with Gasteiger partial charge in [0.2, 0.25) is 0 Å². The SMILES string of the molecule is CNC(CCc1ccn(C2CCCC2)n1)C1CC1. The van der Waals surface area contributed by atoms with Crippen LogP contribution in [0.4, 0.5) is 0 Å². The van der Waals surface area contributed by atoms with Crippen molar-refractivity contribution < 1.29 is 0 Å². The van der Waals surface area contributed by atoms with Gasteiger partial charge in [0, 0.05) is 12.2 Å². The van der Waals surface area contributed by atoms with Crippen molar-refractivity contribution in [2.45, 2.75) is 63.5 Å². The predicted molar refractivity (Wildman–Crippen MR) is 73.6 cm³/mol. The van der Waals surface area contributed by atoms with E-state index < -0.39 is 0 Å². The van der Waals surface area contributed by atoms with Crippen LogP contribution in [0.5, 0.6) is 0 Å². The third-order valence-electron chi connectivity index (χ3n) is 4.64. The second-order valence-corrected chi connectivity index (χ2v) is 6.00. The molecule has 0 aliphatic heterocycles. The fraction of sp³-hybridized carbons (Fsp3) is 0.800. The van der Waals surface area contributed by atoms with E-state index in [1.54, 1.807) is 0 Å². The highest BCUT2D eigenvalue weighted by atomic mass is 15.3. The molecule has 3 rings (SSSR count). The van der Waals surface area contributed by atoms with Crippen LogP contribution in [0.15, 0.2) is 12.3 Å². The van der Waals surface area contributed by atoms with Crippen LogP contribution in [-0.4, -0.2) is 22.9 Å². The molecule has 1 heterocycles. The lowest BCUT2D eigenvalue weighted by atomic mass is 10.1. The van der Waals surface area contributed by atoms with Crippen LogP contribution >= 0.6 is 0 Å². The van der Waals surface area contributed by atoms with Crippen LogP contribution in [0.25, 0.3) is 0 Å². The molecule has 1 atom stereocenters. The van der Waals surface area contributed by atoms with Crippen molar-refractivity contribution in [3.63, 3.8) is 0 Å². The van der Waals surface area contributed by atoms with Crippen molar-refractivity contribution in [3.05, 3.63) is 18.0 Å². The monoisotopic (exact) mass is 247 g/mol. The van der Waals surface area contributed by atoms with E-state index >= 15 is 0 Å². The first-order chi connectivity index (χ1) is 8.86. The molecular formula is C15H25N3. The molecule has 1 unspecified atom stereocenters. The molecule has 3 nitrogen and oxygen atoms in total. The molecule has 3 heteroatoms. The van der Waals surface area contributed by atoms with Crippen molar-refractivity contribution in [1.29, 1.82) is 0 Å². The van der Waals surface area contributed by atoms with Crippen LogP contribution in [-0.2, 0) is 6.42 Å². The van der Waals surface area contributed by atoms with E-state index in [-0.39, 0.29) is 0 Å². The third-order valence-corrected chi connectivity index (χ3v) is 4.64. The maximum atomic E-state index is 4.77. The van der Waals surface area contributed by atoms with Gasteiger partial charge in [-0.05, 0) is 57.6 Å². The van der Waals surface area contributed by atoms with E-state index in [1.807, 2.05) is 0 Å². The van der Waals surface area contributed by atoms with E-state index in [4.69, 9.17) is 5.10 Å². The Morgan fingerprint density at radius 1 is 1.33 bits per heavy atom. The summed E-state index contributed by atoms with van der Waals surface area (Å²) in [7, 11) is 2.10. The Labute approximate surface area is 110 Å². The average Bonchev–Trinajstić information content (AvgIpc) is 2.92. The van der Waals surface area contributed by atoms with Crippen molar-refractivity contribution in [2.24, 2.45) is 5.92 Å². The Balaban J connectivity index is 1.52. The molecule has 0 saturated heterocycles. The number of nitrogens with zero attached hydrogens (tertiary/aromatic N) is 2. The summed E-state index contributed by atoms with van der Waals surface area (Å²) in [6, 6.07) is 3.61. The van der Waals surface area contributed by atoms with Gasteiger partial charge in [-0.25, -0.2) is 0 Å². The van der Waals surface area contributed by atoms with Gasteiger partial charge in [0.25, 0.3) is 0 Å². The van der Waals surface area contributed by atoms with Gasteiger partial charge in [0.15, 0.2) is 0 Å². The topological polar surface area (TPSA) is 29.9 Å². The summed E-state index contributed by atoms with van der Waals surface area (Å²) < 4.78 is 2.22. The summed E-state index contributed by atoms with van der Waals surface area (Å²) in [5, 5.41) is 8.23. The molecule has 1 aromatic heterocycles. The van der Waals surface area contributed by atoms with E-state index in [0.29, 0.717) is 12.1 Å². The molecular weight excluding hydrogens is 222 g/mol. The first kappa shape index (κ1) is 12.2. The zero-order valence-corrected chi connectivity index (χ0v) is 11.4. The summed E-state index contributed by atoms with van der Waals surface area (Å²) in [5.41, 5.74) is 1.28. The van der Waals surface area contributed by atoms with E-state index in [2.05, 4.69) is 29.3 Å². The van der Waals surface area contributed by atoms with E-state index in [1.165, 1.54) is 50.6 Å². The van der Waals surface area contributed by atoms with E-state index in [9.17, 15) is 0 Å². The molecule has 0 aromatic carbocycles. The largest absolute Gasteiger partial charge is 0.317 e. The molecule has 2 fully saturated rings. The number of aryl methyl sites for hydroxylation is 1. The van der Waals surface area contributed by atoms with Gasteiger partial charge >= 0.3 is 0 Å². The Morgan fingerprint density at radius 3 is 2.78 bits per heavy atom. The second-order valence-electron chi connectivity index (χ2n) is 6.00. The fourth-order valence-corrected chi connectivity index (χ4v) is 3.30. The van der Waals surface area contributed by atoms with Crippen molar-refractivity contribution in [2.75, 3.05) is 7.05 Å². The van der Waals surface area contributed by atoms with E-state index in [0.717, 1.165) is 12.3 Å². The minimum Gasteiger partial charge on any atom is -0.317 e. The normalized spacial score (nSPS) is 22.5. The Kier molecular flexibility index (Phi) is 3.69. The summed E-state index contributed by atoms with van der Waals surface area (Å²) >= 11 is 0. The number of rotatable bonds is 6. The first-order valence-electron chi connectivity index (χ1n) is 7.58. The Bertz CT molecular complexity index is 375. The van der Waals surface area contributed by atoms with Crippen LogP contribution in [0, 0.1) is 5.92 Å². The minimum atomic E-state index is 0.683. The zero-order valence-electron chi connectivity index (χ0n) is 11.4. The van der Waals surface area contributed by atoms with Gasteiger partial charge in [-0.3, -0.25) is 4.68 Å². The number of hydrogen-bond donors (Lipinski definition) is 1. The Morgan fingerprint density at radius 2 is 2.11 bits per heavy atom. The molecule has 2 aliphatic rings. The highest BCUT2D eigenvalue weighted by Gasteiger charge is 2.29. The minimum absolute atomic E-state index is 0.683. The van der Waals surface area contributed by atoms with Crippen molar-refractivity contribution >= 4 is 0 Å². The highest BCUT2D eigenvalue weighted by Crippen LogP contribution is 2.34. The van der Waals surface area contributed by atoms with Crippen LogP contribution in [0.3, 0.4) is 0 Å². The molecule has 2 aliphatic carbocycles. The summed E-state index contributed by atoms with van der Waals surface area (Å²) in [6.45, 7) is 0. The quantitative estimate of drug-likeness (QED) is 0.837. The Hall–Kier alpha value is -0.830. The van der Waals surface area contributed by atoms with Gasteiger partial charge in [0.1, 0.15) is 0 Å². The summed E-state index contributed by atoms with van der Waals surface area (Å²) in [5.74, 6) is 0.937. The predicted octanol–water partition coefficient (Wildman–Crippen LogP) is 2.93. The lowest BCUT2D eigenvalue weighted by Crippen LogP contribution is -2.27. The summed E-state index contributed by atoms with van der Waals surface area (Å²) in [6.07, 6.45) is 12.8. The fourth-order valence-electron chi connectivity index (χ4n) is 3.30. The standard InChI is InChI=1S/C15H25N3/c1-16-15(12-6-7-12)9-8-13-10-11-18(17-13)14-4-2-3-5-14/h10-12,14-16H,2-9H2,1H3. The average molecular weight is 247 g/mol. The van der Waals surface area contributed by atoms with Crippen molar-refractivity contribution in [1.82, 2.24) is 15.1 Å². The molecule has 100 valence electrons. The molecule has 1 N–H and O–H groups in total. The molecule has 2 saturated carbocycles. The number of hydrogen-bond acceptors (Lipinski definition) is 2. The molecule has 18 heavy (non-hydrogen) atoms. The van der Waals surface area contributed by atoms with Crippen molar-refractivity contribution in [3.8, 4) is 0 Å². The van der Waals surface area contributed by atoms with Gasteiger partial charge in [0.05, 0.1) is 11.7 Å². The molecule has 1 aromatic rings. The smallest absolute Gasteiger partial charge is 0.0625 e. The van der Waals surface area contributed by atoms with Gasteiger partial charge in [-0.1, -0.05) is 12.8 Å². The maximum absolute atomic E-state index is 4.77. The van der Waals surface area contributed by atoms with Gasteiger partial charge < -0.3 is 5.32 Å². The van der Waals surface area contributed by atoms with Crippen LogP contribution < -0.4 is 5.32 Å². The summed E-state index contributed by atoms with van der Waals surface area (Å²) in [4.78, 5) is 0. The van der Waals surface area contributed by atoms with Crippen LogP contribution in [0.1, 0.15) is 56.7 Å². The first-order valence-corrected chi connectivity index (χ1v) is 7.58.